The van der Waals surface area contributed by atoms with Crippen molar-refractivity contribution >= 4 is 11.9 Å². The Morgan fingerprint density at radius 2 is 1.96 bits per heavy atom. The maximum Gasteiger partial charge on any atom is 0.335 e. The summed E-state index contributed by atoms with van der Waals surface area (Å²) >= 11 is 0. The topological polar surface area (TPSA) is 70.5 Å². The minimum absolute atomic E-state index is 0.189. The number of carbonyl (C=O) groups is 2. The fourth-order valence-corrected chi connectivity index (χ4v) is 3.28. The van der Waals surface area contributed by atoms with Crippen molar-refractivity contribution < 1.29 is 14.7 Å². The van der Waals surface area contributed by atoms with Gasteiger partial charge in [0.25, 0.3) is 0 Å². The molecule has 3 rings (SSSR count). The highest BCUT2D eigenvalue weighted by Gasteiger charge is 2.26. The van der Waals surface area contributed by atoms with Gasteiger partial charge in [0.2, 0.25) is 5.91 Å². The minimum Gasteiger partial charge on any atom is -0.478 e. The standard InChI is InChI=1S/C20H22N2O3/c23-19(9-8-18-3-1-2-11-21-18)22-12-10-16(14-22)13-15-4-6-17(7-5-15)20(24)25/h1-7,11,16H,8-10,12-14H2,(H,24,25). The molecule has 0 aliphatic carbocycles. The van der Waals surface area contributed by atoms with Crippen LogP contribution >= 0.6 is 0 Å². The number of carbonyl (C=O) groups excluding carboxylic acids is 1. The fourth-order valence-electron chi connectivity index (χ4n) is 3.28. The van der Waals surface area contributed by atoms with E-state index in [0.29, 0.717) is 24.3 Å². The van der Waals surface area contributed by atoms with Crippen LogP contribution in [0.5, 0.6) is 0 Å². The first-order chi connectivity index (χ1) is 12.1. The Bertz CT molecular complexity index is 728. The molecule has 5 heteroatoms. The van der Waals surface area contributed by atoms with Crippen LogP contribution in [0, 0.1) is 5.92 Å². The van der Waals surface area contributed by atoms with Gasteiger partial charge in [-0.3, -0.25) is 9.78 Å². The van der Waals surface area contributed by atoms with Gasteiger partial charge in [0.1, 0.15) is 0 Å². The summed E-state index contributed by atoms with van der Waals surface area (Å²) in [6.07, 6.45) is 4.80. The molecule has 1 unspecified atom stereocenters. The summed E-state index contributed by atoms with van der Waals surface area (Å²) in [6.45, 7) is 1.58. The molecule has 1 N–H and O–H groups in total. The first-order valence-electron chi connectivity index (χ1n) is 8.62. The maximum absolute atomic E-state index is 12.4. The number of amides is 1. The molecule has 0 radical (unpaired) electrons. The van der Waals surface area contributed by atoms with Crippen LogP contribution in [0.1, 0.15) is 34.5 Å². The van der Waals surface area contributed by atoms with E-state index < -0.39 is 5.97 Å². The normalized spacial score (nSPS) is 16.8. The zero-order valence-electron chi connectivity index (χ0n) is 14.1. The molecule has 1 fully saturated rings. The van der Waals surface area contributed by atoms with Crippen molar-refractivity contribution in [2.45, 2.75) is 25.7 Å². The third-order valence-electron chi connectivity index (χ3n) is 4.68. The number of nitrogens with zero attached hydrogens (tertiary/aromatic N) is 2. The summed E-state index contributed by atoms with van der Waals surface area (Å²) in [6, 6.07) is 12.8. The van der Waals surface area contributed by atoms with Gasteiger partial charge in [-0.05, 0) is 55.0 Å². The van der Waals surface area contributed by atoms with Gasteiger partial charge in [-0.25, -0.2) is 4.79 Å². The number of carboxylic acid groups (broad SMARTS) is 1. The molecule has 1 aliphatic heterocycles. The predicted octanol–water partition coefficient (Wildman–Crippen LogP) is 2.80. The minimum atomic E-state index is -0.905. The smallest absolute Gasteiger partial charge is 0.335 e. The van der Waals surface area contributed by atoms with Crippen LogP contribution in [-0.4, -0.2) is 40.0 Å². The van der Waals surface area contributed by atoms with Gasteiger partial charge in [-0.15, -0.1) is 0 Å². The molecule has 2 aromatic rings. The molecule has 1 aromatic carbocycles. The third-order valence-corrected chi connectivity index (χ3v) is 4.68. The highest BCUT2D eigenvalue weighted by Crippen LogP contribution is 2.22. The second-order valence-corrected chi connectivity index (χ2v) is 6.52. The van der Waals surface area contributed by atoms with Gasteiger partial charge >= 0.3 is 5.97 Å². The largest absolute Gasteiger partial charge is 0.478 e. The van der Waals surface area contributed by atoms with Crippen LogP contribution in [0.15, 0.2) is 48.7 Å². The molecule has 1 saturated heterocycles. The van der Waals surface area contributed by atoms with E-state index in [9.17, 15) is 9.59 Å². The van der Waals surface area contributed by atoms with Gasteiger partial charge in [0.05, 0.1) is 5.56 Å². The van der Waals surface area contributed by atoms with Gasteiger partial charge < -0.3 is 10.0 Å². The number of aromatic carboxylic acids is 1. The van der Waals surface area contributed by atoms with E-state index in [4.69, 9.17) is 5.11 Å². The molecule has 1 atom stereocenters. The molecule has 2 heterocycles. The van der Waals surface area contributed by atoms with Crippen LogP contribution in [0.2, 0.25) is 0 Å². The van der Waals surface area contributed by atoms with E-state index in [2.05, 4.69) is 4.98 Å². The zero-order chi connectivity index (χ0) is 17.6. The second-order valence-electron chi connectivity index (χ2n) is 6.52. The van der Waals surface area contributed by atoms with Crippen molar-refractivity contribution in [3.8, 4) is 0 Å². The second kappa shape index (κ2) is 7.92. The SMILES string of the molecule is O=C(O)c1ccc(CC2CCN(C(=O)CCc3ccccn3)C2)cc1. The number of likely N-dealkylation sites (tertiary alicyclic amines) is 1. The zero-order valence-corrected chi connectivity index (χ0v) is 14.1. The van der Waals surface area contributed by atoms with E-state index in [1.807, 2.05) is 35.2 Å². The monoisotopic (exact) mass is 338 g/mol. The average molecular weight is 338 g/mol. The Hall–Kier alpha value is -2.69. The maximum atomic E-state index is 12.4. The van der Waals surface area contributed by atoms with Crippen LogP contribution in [-0.2, 0) is 17.6 Å². The molecule has 1 aliphatic rings. The van der Waals surface area contributed by atoms with E-state index in [-0.39, 0.29) is 5.91 Å². The van der Waals surface area contributed by atoms with Crippen LogP contribution in [0.25, 0.3) is 0 Å². The lowest BCUT2D eigenvalue weighted by molar-refractivity contribution is -0.130. The molecular weight excluding hydrogens is 316 g/mol. The lowest BCUT2D eigenvalue weighted by atomic mass is 9.98. The number of hydrogen-bond donors (Lipinski definition) is 1. The highest BCUT2D eigenvalue weighted by atomic mass is 16.4. The molecule has 25 heavy (non-hydrogen) atoms. The van der Waals surface area contributed by atoms with Crippen molar-refractivity contribution in [2.75, 3.05) is 13.1 Å². The molecular formula is C20H22N2O3. The number of pyridine rings is 1. The van der Waals surface area contributed by atoms with Crippen molar-refractivity contribution in [3.63, 3.8) is 0 Å². The number of hydrogen-bond acceptors (Lipinski definition) is 3. The van der Waals surface area contributed by atoms with Crippen LogP contribution in [0.4, 0.5) is 0 Å². The lowest BCUT2D eigenvalue weighted by Gasteiger charge is -2.16. The van der Waals surface area contributed by atoms with Crippen molar-refractivity contribution in [2.24, 2.45) is 5.92 Å². The fraction of sp³-hybridized carbons (Fsp3) is 0.350. The Labute approximate surface area is 147 Å². The summed E-state index contributed by atoms with van der Waals surface area (Å²) in [7, 11) is 0. The summed E-state index contributed by atoms with van der Waals surface area (Å²) in [5.74, 6) is -0.277. The third kappa shape index (κ3) is 4.66. The van der Waals surface area contributed by atoms with Crippen molar-refractivity contribution in [1.29, 1.82) is 0 Å². The molecule has 1 aromatic heterocycles. The quantitative estimate of drug-likeness (QED) is 0.879. The Morgan fingerprint density at radius 1 is 1.16 bits per heavy atom. The Balaban J connectivity index is 1.47. The number of aryl methyl sites for hydroxylation is 1. The Morgan fingerprint density at radius 3 is 2.64 bits per heavy atom. The molecule has 0 bridgehead atoms. The molecule has 0 spiro atoms. The average Bonchev–Trinajstić information content (AvgIpc) is 3.09. The van der Waals surface area contributed by atoms with Crippen LogP contribution < -0.4 is 0 Å². The molecule has 5 nitrogen and oxygen atoms in total. The molecule has 0 saturated carbocycles. The number of carboxylic acids is 1. The first-order valence-corrected chi connectivity index (χ1v) is 8.62. The first kappa shape index (κ1) is 17.1. The van der Waals surface area contributed by atoms with Gasteiger partial charge in [-0.1, -0.05) is 18.2 Å². The van der Waals surface area contributed by atoms with E-state index >= 15 is 0 Å². The number of benzene rings is 1. The van der Waals surface area contributed by atoms with E-state index in [0.717, 1.165) is 37.2 Å². The number of aromatic nitrogens is 1. The van der Waals surface area contributed by atoms with Crippen molar-refractivity contribution in [1.82, 2.24) is 9.88 Å². The van der Waals surface area contributed by atoms with Gasteiger partial charge in [-0.2, -0.15) is 0 Å². The summed E-state index contributed by atoms with van der Waals surface area (Å²) in [5.41, 5.74) is 2.38. The lowest BCUT2D eigenvalue weighted by Crippen LogP contribution is -2.29. The summed E-state index contributed by atoms with van der Waals surface area (Å²) < 4.78 is 0. The van der Waals surface area contributed by atoms with Crippen molar-refractivity contribution in [3.05, 3.63) is 65.5 Å². The molecule has 130 valence electrons. The molecule has 1 amide bonds. The Kier molecular flexibility index (Phi) is 5.43. The van der Waals surface area contributed by atoms with Gasteiger partial charge in [0.15, 0.2) is 0 Å². The van der Waals surface area contributed by atoms with E-state index in [1.54, 1.807) is 18.3 Å². The highest BCUT2D eigenvalue weighted by molar-refractivity contribution is 5.87. The van der Waals surface area contributed by atoms with Crippen LogP contribution in [0.3, 0.4) is 0 Å². The summed E-state index contributed by atoms with van der Waals surface area (Å²) in [4.78, 5) is 29.5. The van der Waals surface area contributed by atoms with Gasteiger partial charge in [0, 0.05) is 31.4 Å². The summed E-state index contributed by atoms with van der Waals surface area (Å²) in [5, 5.41) is 8.94. The predicted molar refractivity (Wildman–Crippen MR) is 94.4 cm³/mol. The number of rotatable bonds is 6. The van der Waals surface area contributed by atoms with E-state index in [1.165, 1.54) is 0 Å².